The summed E-state index contributed by atoms with van der Waals surface area (Å²) in [7, 11) is 3.02. The van der Waals surface area contributed by atoms with E-state index in [9.17, 15) is 9.59 Å². The Balaban J connectivity index is 1.91. The highest BCUT2D eigenvalue weighted by atomic mass is 79.9. The summed E-state index contributed by atoms with van der Waals surface area (Å²) in [6.07, 6.45) is 0.622. The van der Waals surface area contributed by atoms with E-state index in [1.165, 1.54) is 14.2 Å². The van der Waals surface area contributed by atoms with E-state index < -0.39 is 17.5 Å². The van der Waals surface area contributed by atoms with Crippen molar-refractivity contribution in [2.75, 3.05) is 20.8 Å². The van der Waals surface area contributed by atoms with Crippen LogP contribution in [-0.4, -0.2) is 32.9 Å². The SMILES string of the molecule is COc1cc(-c2oc3ccccc3c(=O)c2OC(=O)C2CCCO2)cc(Br)c1OC. The molecule has 0 bridgehead atoms. The number of ether oxygens (including phenoxy) is 4. The molecule has 1 aromatic heterocycles. The van der Waals surface area contributed by atoms with Crippen molar-refractivity contribution < 1.29 is 28.2 Å². The van der Waals surface area contributed by atoms with Crippen LogP contribution in [0.1, 0.15) is 12.8 Å². The van der Waals surface area contributed by atoms with Crippen molar-refractivity contribution in [3.63, 3.8) is 0 Å². The molecule has 30 heavy (non-hydrogen) atoms. The van der Waals surface area contributed by atoms with Crippen molar-refractivity contribution >= 4 is 32.9 Å². The van der Waals surface area contributed by atoms with Gasteiger partial charge < -0.3 is 23.4 Å². The molecule has 1 aliphatic rings. The predicted octanol–water partition coefficient (Wildman–Crippen LogP) is 4.32. The van der Waals surface area contributed by atoms with Crippen molar-refractivity contribution in [3.05, 3.63) is 51.1 Å². The first-order valence-corrected chi connectivity index (χ1v) is 10.1. The second kappa shape index (κ2) is 8.49. The number of halogens is 1. The number of hydrogen-bond acceptors (Lipinski definition) is 7. The molecular formula is C22H19BrO7. The Kier molecular flexibility index (Phi) is 5.78. The maximum atomic E-state index is 13.2. The lowest BCUT2D eigenvalue weighted by atomic mass is 10.1. The molecule has 0 aliphatic carbocycles. The Morgan fingerprint density at radius 3 is 2.63 bits per heavy atom. The first-order valence-electron chi connectivity index (χ1n) is 9.34. The number of benzene rings is 2. The summed E-state index contributed by atoms with van der Waals surface area (Å²) in [5.74, 6) is 0.229. The van der Waals surface area contributed by atoms with Gasteiger partial charge in [0.25, 0.3) is 0 Å². The van der Waals surface area contributed by atoms with E-state index in [-0.39, 0.29) is 11.5 Å². The van der Waals surface area contributed by atoms with Crippen LogP contribution >= 0.6 is 15.9 Å². The molecule has 1 saturated heterocycles. The van der Waals surface area contributed by atoms with Crippen LogP contribution in [0.2, 0.25) is 0 Å². The zero-order valence-corrected chi connectivity index (χ0v) is 18.0. The largest absolute Gasteiger partial charge is 0.493 e. The number of para-hydroxylation sites is 1. The quantitative estimate of drug-likeness (QED) is 0.508. The van der Waals surface area contributed by atoms with E-state index in [4.69, 9.17) is 23.4 Å². The maximum absolute atomic E-state index is 13.2. The number of fused-ring (bicyclic) bond motifs is 1. The summed E-state index contributed by atoms with van der Waals surface area (Å²) in [6, 6.07) is 10.1. The molecule has 2 heterocycles. The fourth-order valence-electron chi connectivity index (χ4n) is 3.39. The lowest BCUT2D eigenvalue weighted by Gasteiger charge is -2.15. The molecule has 0 amide bonds. The first kappa shape index (κ1) is 20.4. The smallest absolute Gasteiger partial charge is 0.340 e. The number of carbonyl (C=O) groups is 1. The monoisotopic (exact) mass is 474 g/mol. The maximum Gasteiger partial charge on any atom is 0.340 e. The van der Waals surface area contributed by atoms with Crippen molar-refractivity contribution in [1.82, 2.24) is 0 Å². The van der Waals surface area contributed by atoms with Crippen molar-refractivity contribution in [1.29, 1.82) is 0 Å². The van der Waals surface area contributed by atoms with Gasteiger partial charge in [-0.25, -0.2) is 4.79 Å². The lowest BCUT2D eigenvalue weighted by Crippen LogP contribution is -2.27. The van der Waals surface area contributed by atoms with Gasteiger partial charge in [-0.15, -0.1) is 0 Å². The van der Waals surface area contributed by atoms with E-state index in [0.717, 1.165) is 6.42 Å². The molecule has 0 N–H and O–H groups in total. The average molecular weight is 475 g/mol. The van der Waals surface area contributed by atoms with Gasteiger partial charge in [-0.3, -0.25) is 4.79 Å². The third kappa shape index (κ3) is 3.68. The number of methoxy groups -OCH3 is 2. The van der Waals surface area contributed by atoms with Gasteiger partial charge in [0, 0.05) is 12.2 Å². The fourth-order valence-corrected chi connectivity index (χ4v) is 3.99. The van der Waals surface area contributed by atoms with E-state index in [2.05, 4.69) is 15.9 Å². The molecule has 1 atom stereocenters. The molecule has 8 heteroatoms. The zero-order valence-electron chi connectivity index (χ0n) is 16.4. The van der Waals surface area contributed by atoms with Crippen LogP contribution in [0.3, 0.4) is 0 Å². The minimum atomic E-state index is -0.694. The number of hydrogen-bond donors (Lipinski definition) is 0. The summed E-state index contributed by atoms with van der Waals surface area (Å²) >= 11 is 3.44. The Hall–Kier alpha value is -2.84. The minimum Gasteiger partial charge on any atom is -0.493 e. The summed E-state index contributed by atoms with van der Waals surface area (Å²) < 4.78 is 28.3. The summed E-state index contributed by atoms with van der Waals surface area (Å²) in [5, 5.41) is 0.316. The van der Waals surface area contributed by atoms with Gasteiger partial charge in [0.1, 0.15) is 5.58 Å². The second-order valence-electron chi connectivity index (χ2n) is 6.70. The standard InChI is InChI=1S/C22H19BrO7/c1-26-17-11-12(10-14(23)20(17)27-2)19-21(30-22(25)16-8-5-9-28-16)18(24)13-6-3-4-7-15(13)29-19/h3-4,6-7,10-11,16H,5,8-9H2,1-2H3. The normalized spacial score (nSPS) is 15.9. The highest BCUT2D eigenvalue weighted by Crippen LogP contribution is 2.41. The van der Waals surface area contributed by atoms with Crippen LogP contribution in [0.4, 0.5) is 0 Å². The average Bonchev–Trinajstić information content (AvgIpc) is 3.30. The molecule has 0 radical (unpaired) electrons. The van der Waals surface area contributed by atoms with Crippen LogP contribution in [0.25, 0.3) is 22.3 Å². The molecule has 1 unspecified atom stereocenters. The lowest BCUT2D eigenvalue weighted by molar-refractivity contribution is -0.144. The topological polar surface area (TPSA) is 84.2 Å². The van der Waals surface area contributed by atoms with Gasteiger partial charge in [0.15, 0.2) is 23.4 Å². The van der Waals surface area contributed by atoms with Crippen LogP contribution in [0.15, 0.2) is 50.1 Å². The third-order valence-electron chi connectivity index (χ3n) is 4.85. The molecule has 7 nitrogen and oxygen atoms in total. The minimum absolute atomic E-state index is 0.117. The molecule has 1 aliphatic heterocycles. The molecule has 2 aromatic carbocycles. The Morgan fingerprint density at radius 2 is 1.93 bits per heavy atom. The summed E-state index contributed by atoms with van der Waals surface area (Å²) in [5.41, 5.74) is 0.418. The molecule has 1 fully saturated rings. The van der Waals surface area contributed by atoms with Gasteiger partial charge >= 0.3 is 5.97 Å². The van der Waals surface area contributed by atoms with E-state index in [1.807, 2.05) is 0 Å². The molecular weight excluding hydrogens is 456 g/mol. The zero-order chi connectivity index (χ0) is 21.3. The fraction of sp³-hybridized carbons (Fsp3) is 0.273. The number of esters is 1. The van der Waals surface area contributed by atoms with Gasteiger partial charge in [-0.2, -0.15) is 0 Å². The van der Waals surface area contributed by atoms with E-state index in [0.29, 0.717) is 45.5 Å². The van der Waals surface area contributed by atoms with Gasteiger partial charge in [-0.05, 0) is 53.0 Å². The van der Waals surface area contributed by atoms with Crippen molar-refractivity contribution in [3.8, 4) is 28.6 Å². The van der Waals surface area contributed by atoms with Crippen molar-refractivity contribution in [2.45, 2.75) is 18.9 Å². The highest BCUT2D eigenvalue weighted by molar-refractivity contribution is 9.10. The van der Waals surface area contributed by atoms with E-state index in [1.54, 1.807) is 36.4 Å². The number of carbonyl (C=O) groups excluding carboxylic acids is 1. The molecule has 156 valence electrons. The molecule has 4 rings (SSSR count). The van der Waals surface area contributed by atoms with Crippen molar-refractivity contribution in [2.24, 2.45) is 0 Å². The Morgan fingerprint density at radius 1 is 1.13 bits per heavy atom. The van der Waals surface area contributed by atoms with Crippen LogP contribution < -0.4 is 19.6 Å². The Labute approximate surface area is 180 Å². The van der Waals surface area contributed by atoms with Crippen LogP contribution in [0.5, 0.6) is 17.2 Å². The summed E-state index contributed by atoms with van der Waals surface area (Å²) in [4.78, 5) is 25.8. The van der Waals surface area contributed by atoms with Gasteiger partial charge in [0.05, 0.1) is 24.1 Å². The van der Waals surface area contributed by atoms with Gasteiger partial charge in [0.2, 0.25) is 11.2 Å². The first-order chi connectivity index (χ1) is 14.5. The van der Waals surface area contributed by atoms with E-state index >= 15 is 0 Å². The van der Waals surface area contributed by atoms with Crippen LogP contribution in [-0.2, 0) is 9.53 Å². The van der Waals surface area contributed by atoms with Gasteiger partial charge in [-0.1, -0.05) is 12.1 Å². The highest BCUT2D eigenvalue weighted by Gasteiger charge is 2.29. The third-order valence-corrected chi connectivity index (χ3v) is 5.44. The number of rotatable bonds is 5. The Bertz CT molecular complexity index is 1160. The molecule has 0 saturated carbocycles. The van der Waals surface area contributed by atoms with Crippen LogP contribution in [0, 0.1) is 0 Å². The molecule has 3 aromatic rings. The second-order valence-corrected chi connectivity index (χ2v) is 7.56. The molecule has 0 spiro atoms. The summed E-state index contributed by atoms with van der Waals surface area (Å²) in [6.45, 7) is 0.488. The predicted molar refractivity (Wildman–Crippen MR) is 113 cm³/mol.